The Morgan fingerprint density at radius 2 is 1.93 bits per heavy atom. The molecule has 2 aromatic rings. The van der Waals surface area contributed by atoms with Gasteiger partial charge in [-0.15, -0.1) is 0 Å². The van der Waals surface area contributed by atoms with Crippen molar-refractivity contribution in [3.8, 4) is 11.8 Å². The molecule has 1 aliphatic heterocycles. The van der Waals surface area contributed by atoms with Crippen molar-refractivity contribution in [1.29, 1.82) is 5.26 Å². The zero-order valence-corrected chi connectivity index (χ0v) is 18.6. The second-order valence-electron chi connectivity index (χ2n) is 8.51. The van der Waals surface area contributed by atoms with Gasteiger partial charge in [-0.2, -0.15) is 5.26 Å². The fraction of sp³-hybridized carbons (Fsp3) is 0.538. The molecule has 2 aromatic carbocycles. The fourth-order valence-corrected chi connectivity index (χ4v) is 4.52. The quantitative estimate of drug-likeness (QED) is 0.591. The first-order chi connectivity index (χ1) is 14.6. The van der Waals surface area contributed by atoms with E-state index < -0.39 is 0 Å². The summed E-state index contributed by atoms with van der Waals surface area (Å²) in [5, 5.41) is 11.1. The predicted molar refractivity (Wildman–Crippen MR) is 122 cm³/mol. The molecule has 4 nitrogen and oxygen atoms in total. The summed E-state index contributed by atoms with van der Waals surface area (Å²) in [5.74, 6) is 1.10. The fourth-order valence-electron chi connectivity index (χ4n) is 4.52. The molecular formula is C26H34N2O2. The number of likely N-dealkylation sites (tertiary alicyclic amines) is 1. The van der Waals surface area contributed by atoms with Gasteiger partial charge >= 0.3 is 0 Å². The van der Waals surface area contributed by atoms with Gasteiger partial charge in [0.05, 0.1) is 19.6 Å². The van der Waals surface area contributed by atoms with Crippen LogP contribution in [-0.4, -0.2) is 36.9 Å². The van der Waals surface area contributed by atoms with Crippen LogP contribution in [0.5, 0.6) is 5.75 Å². The number of methoxy groups -OCH3 is 1. The molecule has 1 heterocycles. The second kappa shape index (κ2) is 10.6. The van der Waals surface area contributed by atoms with Crippen LogP contribution in [0.1, 0.15) is 68.3 Å². The van der Waals surface area contributed by atoms with Gasteiger partial charge in [-0.05, 0) is 55.1 Å². The molecular weight excluding hydrogens is 372 g/mol. The zero-order valence-electron chi connectivity index (χ0n) is 18.6. The van der Waals surface area contributed by atoms with E-state index in [2.05, 4.69) is 24.8 Å². The third kappa shape index (κ3) is 4.84. The molecule has 0 spiro atoms. The molecule has 0 amide bonds. The minimum atomic E-state index is 0.105. The van der Waals surface area contributed by atoms with Gasteiger partial charge in [0.1, 0.15) is 5.75 Å². The standard InChI is InChI=1S/C23H26N2O2.C3H8/c1-27-22-10-8-16-14-17(7-9-20(16)21(22)11-12-24)23(26)18-4-3-13-25(15-18)19-5-2-6-19;1-3-2/h7-10,14,18-19H,2-6,11,13,15H2,1H3;3H2,1-2H3/t18-;/m1./s1. The number of nitriles is 1. The lowest BCUT2D eigenvalue weighted by Gasteiger charge is -2.42. The number of rotatable bonds is 5. The number of carbonyl (C=O) groups excluding carboxylic acids is 1. The van der Waals surface area contributed by atoms with Crippen LogP contribution in [0, 0.1) is 17.2 Å². The number of nitrogens with zero attached hydrogens (tertiary/aromatic N) is 2. The summed E-state index contributed by atoms with van der Waals surface area (Å²) in [6.45, 7) is 6.30. The summed E-state index contributed by atoms with van der Waals surface area (Å²) in [4.78, 5) is 15.7. The topological polar surface area (TPSA) is 53.3 Å². The van der Waals surface area contributed by atoms with Crippen LogP contribution in [0.25, 0.3) is 10.8 Å². The van der Waals surface area contributed by atoms with E-state index in [9.17, 15) is 4.79 Å². The van der Waals surface area contributed by atoms with Crippen LogP contribution in [0.2, 0.25) is 0 Å². The van der Waals surface area contributed by atoms with Crippen molar-refractivity contribution in [3.63, 3.8) is 0 Å². The molecule has 1 saturated heterocycles. The van der Waals surface area contributed by atoms with E-state index in [4.69, 9.17) is 10.00 Å². The van der Waals surface area contributed by atoms with E-state index in [1.165, 1.54) is 25.7 Å². The molecule has 4 heteroatoms. The van der Waals surface area contributed by atoms with Crippen LogP contribution >= 0.6 is 0 Å². The summed E-state index contributed by atoms with van der Waals surface area (Å²) in [6, 6.07) is 12.7. The van der Waals surface area contributed by atoms with Crippen LogP contribution in [0.3, 0.4) is 0 Å². The molecule has 0 unspecified atom stereocenters. The first kappa shape index (κ1) is 22.3. The molecule has 4 rings (SSSR count). The third-order valence-corrected chi connectivity index (χ3v) is 6.26. The number of carbonyl (C=O) groups is 1. The SMILES string of the molecule is CCC.COc1ccc2cc(C(=O)[C@@H]3CCCN(C4CCC4)C3)ccc2c1CC#N. The van der Waals surface area contributed by atoms with Crippen molar-refractivity contribution < 1.29 is 9.53 Å². The van der Waals surface area contributed by atoms with Crippen LogP contribution in [0.15, 0.2) is 30.3 Å². The van der Waals surface area contributed by atoms with Gasteiger partial charge in [0.2, 0.25) is 0 Å². The highest BCUT2D eigenvalue weighted by Crippen LogP contribution is 2.32. The Hall–Kier alpha value is -2.38. The summed E-state index contributed by atoms with van der Waals surface area (Å²) in [6.07, 6.45) is 7.57. The molecule has 160 valence electrons. The molecule has 0 bridgehead atoms. The molecule has 1 aliphatic carbocycles. The van der Waals surface area contributed by atoms with E-state index in [1.54, 1.807) is 7.11 Å². The lowest BCUT2D eigenvalue weighted by molar-refractivity contribution is 0.0612. The maximum absolute atomic E-state index is 13.1. The number of piperidine rings is 1. The Morgan fingerprint density at radius 1 is 1.17 bits per heavy atom. The number of hydrogen-bond acceptors (Lipinski definition) is 4. The van der Waals surface area contributed by atoms with Gasteiger partial charge in [0.25, 0.3) is 0 Å². The highest BCUT2D eigenvalue weighted by molar-refractivity contribution is 6.02. The van der Waals surface area contributed by atoms with Crippen molar-refractivity contribution in [2.75, 3.05) is 20.2 Å². The van der Waals surface area contributed by atoms with Gasteiger partial charge in [-0.25, -0.2) is 0 Å². The van der Waals surface area contributed by atoms with Gasteiger partial charge in [0.15, 0.2) is 5.78 Å². The lowest BCUT2D eigenvalue weighted by atomic mass is 9.85. The Bertz CT molecular complexity index is 911. The largest absolute Gasteiger partial charge is 0.496 e. The van der Waals surface area contributed by atoms with Crippen molar-refractivity contribution in [1.82, 2.24) is 4.90 Å². The first-order valence-corrected chi connectivity index (χ1v) is 11.4. The zero-order chi connectivity index (χ0) is 21.5. The minimum Gasteiger partial charge on any atom is -0.496 e. The van der Waals surface area contributed by atoms with Gasteiger partial charge in [-0.1, -0.05) is 44.9 Å². The van der Waals surface area contributed by atoms with E-state index in [-0.39, 0.29) is 11.7 Å². The number of Topliss-reactive ketones (excluding diaryl/α,β-unsaturated/α-hetero) is 1. The number of fused-ring (bicyclic) bond motifs is 1. The van der Waals surface area contributed by atoms with Crippen molar-refractivity contribution in [2.24, 2.45) is 5.92 Å². The Balaban J connectivity index is 0.000000806. The molecule has 2 fully saturated rings. The Morgan fingerprint density at radius 3 is 2.57 bits per heavy atom. The van der Waals surface area contributed by atoms with Crippen molar-refractivity contribution in [3.05, 3.63) is 41.5 Å². The van der Waals surface area contributed by atoms with Crippen LogP contribution < -0.4 is 4.74 Å². The second-order valence-corrected chi connectivity index (χ2v) is 8.51. The van der Waals surface area contributed by atoms with Crippen LogP contribution in [0.4, 0.5) is 0 Å². The molecule has 0 radical (unpaired) electrons. The molecule has 0 aromatic heterocycles. The highest BCUT2D eigenvalue weighted by atomic mass is 16.5. The third-order valence-electron chi connectivity index (χ3n) is 6.26. The minimum absolute atomic E-state index is 0.105. The molecule has 2 aliphatic rings. The summed E-state index contributed by atoms with van der Waals surface area (Å²) in [5.41, 5.74) is 1.68. The van der Waals surface area contributed by atoms with E-state index >= 15 is 0 Å². The van der Waals surface area contributed by atoms with Gasteiger partial charge in [-0.3, -0.25) is 9.69 Å². The summed E-state index contributed by atoms with van der Waals surface area (Å²) < 4.78 is 5.41. The van der Waals surface area contributed by atoms with E-state index in [0.717, 1.165) is 53.6 Å². The molecule has 1 atom stereocenters. The Labute approximate surface area is 180 Å². The average molecular weight is 407 g/mol. The Kier molecular flexibility index (Phi) is 7.87. The summed E-state index contributed by atoms with van der Waals surface area (Å²) in [7, 11) is 1.62. The number of hydrogen-bond donors (Lipinski definition) is 0. The lowest BCUT2D eigenvalue weighted by Crippen LogP contribution is -2.47. The van der Waals surface area contributed by atoms with Crippen molar-refractivity contribution >= 4 is 16.6 Å². The number of benzene rings is 2. The maximum Gasteiger partial charge on any atom is 0.167 e. The van der Waals surface area contributed by atoms with Crippen molar-refractivity contribution in [2.45, 2.75) is 64.8 Å². The smallest absolute Gasteiger partial charge is 0.167 e. The predicted octanol–water partition coefficient (Wildman–Crippen LogP) is 5.78. The maximum atomic E-state index is 13.1. The molecule has 0 N–H and O–H groups in total. The normalized spacial score (nSPS) is 19.3. The van der Waals surface area contributed by atoms with Gasteiger partial charge in [0, 0.05) is 29.6 Å². The van der Waals surface area contributed by atoms with Gasteiger partial charge < -0.3 is 4.74 Å². The monoisotopic (exact) mass is 406 g/mol. The van der Waals surface area contributed by atoms with Crippen LogP contribution in [-0.2, 0) is 6.42 Å². The highest BCUT2D eigenvalue weighted by Gasteiger charge is 2.32. The molecule has 1 saturated carbocycles. The first-order valence-electron chi connectivity index (χ1n) is 11.4. The van der Waals surface area contributed by atoms with E-state index in [1.807, 2.05) is 30.3 Å². The summed E-state index contributed by atoms with van der Waals surface area (Å²) >= 11 is 0. The molecule has 30 heavy (non-hydrogen) atoms. The van der Waals surface area contributed by atoms with E-state index in [0.29, 0.717) is 12.5 Å². The average Bonchev–Trinajstić information content (AvgIpc) is 2.73. The number of ether oxygens (including phenoxy) is 1. The number of ketones is 1.